The largest absolute Gasteiger partial charge is 0.444 e. The Morgan fingerprint density at radius 3 is 2.95 bits per heavy atom. The third-order valence-electron chi connectivity index (χ3n) is 2.82. The number of aliphatic hydroxyl groups is 1. The van der Waals surface area contributed by atoms with Crippen molar-refractivity contribution < 1.29 is 14.3 Å². The van der Waals surface area contributed by atoms with Crippen LogP contribution in [0.15, 0.2) is 34.9 Å². The number of aliphatic hydroxyl groups excluding tert-OH is 1. The van der Waals surface area contributed by atoms with Crippen molar-refractivity contribution in [1.29, 1.82) is 0 Å². The number of nitrogens with one attached hydrogen (secondary N) is 1. The van der Waals surface area contributed by atoms with Crippen molar-refractivity contribution >= 4 is 5.91 Å². The third kappa shape index (κ3) is 3.94. The Labute approximate surface area is 123 Å². The summed E-state index contributed by atoms with van der Waals surface area (Å²) < 4.78 is 5.43. The van der Waals surface area contributed by atoms with Crippen molar-refractivity contribution in [3.63, 3.8) is 0 Å². The molecule has 5 heteroatoms. The van der Waals surface area contributed by atoms with Crippen LogP contribution in [0.25, 0.3) is 0 Å². The highest BCUT2D eigenvalue weighted by Gasteiger charge is 2.10. The van der Waals surface area contributed by atoms with Crippen molar-refractivity contribution in [3.8, 4) is 11.8 Å². The van der Waals surface area contributed by atoms with E-state index < -0.39 is 0 Å². The van der Waals surface area contributed by atoms with E-state index in [1.807, 2.05) is 6.92 Å². The zero-order valence-electron chi connectivity index (χ0n) is 11.7. The van der Waals surface area contributed by atoms with Crippen LogP contribution in [0.3, 0.4) is 0 Å². The van der Waals surface area contributed by atoms with E-state index in [9.17, 15) is 4.79 Å². The van der Waals surface area contributed by atoms with Crippen LogP contribution in [-0.2, 0) is 13.0 Å². The standard InChI is InChI=1S/C16H16N2O3/c1-2-13-10-17-15(21-13)11-18-16(20)14-8-4-3-6-12(14)7-5-9-19/h3-4,6,8,10,19H,2,9,11H2,1H3,(H,18,20). The molecule has 2 rings (SSSR count). The van der Waals surface area contributed by atoms with Gasteiger partial charge in [-0.3, -0.25) is 4.79 Å². The first kappa shape index (κ1) is 14.8. The number of rotatable bonds is 4. The Morgan fingerprint density at radius 1 is 1.43 bits per heavy atom. The molecule has 1 aromatic heterocycles. The maximum absolute atomic E-state index is 12.2. The van der Waals surface area contributed by atoms with Crippen molar-refractivity contribution in [1.82, 2.24) is 10.3 Å². The van der Waals surface area contributed by atoms with Crippen molar-refractivity contribution in [2.75, 3.05) is 6.61 Å². The molecule has 0 radical (unpaired) electrons. The van der Waals surface area contributed by atoms with Gasteiger partial charge < -0.3 is 14.8 Å². The minimum absolute atomic E-state index is 0.223. The molecular weight excluding hydrogens is 268 g/mol. The van der Waals surface area contributed by atoms with Crippen LogP contribution in [0.2, 0.25) is 0 Å². The number of amides is 1. The SMILES string of the molecule is CCc1cnc(CNC(=O)c2ccccc2C#CCO)o1. The van der Waals surface area contributed by atoms with Gasteiger partial charge in [0.15, 0.2) is 0 Å². The Morgan fingerprint density at radius 2 is 2.24 bits per heavy atom. The van der Waals surface area contributed by atoms with Gasteiger partial charge in [0, 0.05) is 12.0 Å². The molecular formula is C16H16N2O3. The number of carbonyl (C=O) groups excluding carboxylic acids is 1. The normalized spacial score (nSPS) is 9.81. The fourth-order valence-electron chi connectivity index (χ4n) is 1.77. The van der Waals surface area contributed by atoms with Gasteiger partial charge in [0.2, 0.25) is 5.89 Å². The number of hydrogen-bond acceptors (Lipinski definition) is 4. The lowest BCUT2D eigenvalue weighted by Gasteiger charge is -2.05. The van der Waals surface area contributed by atoms with Gasteiger partial charge in [-0.05, 0) is 12.1 Å². The molecule has 0 unspecified atom stereocenters. The van der Waals surface area contributed by atoms with E-state index in [1.165, 1.54) is 0 Å². The lowest BCUT2D eigenvalue weighted by molar-refractivity contribution is 0.0947. The van der Waals surface area contributed by atoms with Gasteiger partial charge >= 0.3 is 0 Å². The van der Waals surface area contributed by atoms with E-state index in [0.29, 0.717) is 17.0 Å². The minimum Gasteiger partial charge on any atom is -0.444 e. The average Bonchev–Trinajstić information content (AvgIpc) is 2.99. The monoisotopic (exact) mass is 284 g/mol. The number of hydrogen-bond donors (Lipinski definition) is 2. The third-order valence-corrected chi connectivity index (χ3v) is 2.82. The van der Waals surface area contributed by atoms with Crippen LogP contribution in [0.4, 0.5) is 0 Å². The van der Waals surface area contributed by atoms with Gasteiger partial charge in [-0.1, -0.05) is 30.9 Å². The van der Waals surface area contributed by atoms with E-state index in [1.54, 1.807) is 30.5 Å². The molecule has 0 aliphatic carbocycles. The van der Waals surface area contributed by atoms with E-state index in [-0.39, 0.29) is 19.1 Å². The van der Waals surface area contributed by atoms with Gasteiger partial charge in [-0.25, -0.2) is 4.98 Å². The second-order valence-corrected chi connectivity index (χ2v) is 4.26. The summed E-state index contributed by atoms with van der Waals surface area (Å²) in [6, 6.07) is 6.97. The first-order valence-corrected chi connectivity index (χ1v) is 6.65. The van der Waals surface area contributed by atoms with Crippen molar-refractivity contribution in [2.24, 2.45) is 0 Å². The number of nitrogens with zero attached hydrogens (tertiary/aromatic N) is 1. The molecule has 1 aromatic carbocycles. The molecule has 0 saturated heterocycles. The molecule has 0 aliphatic rings. The highest BCUT2D eigenvalue weighted by atomic mass is 16.4. The van der Waals surface area contributed by atoms with Gasteiger partial charge in [0.25, 0.3) is 5.91 Å². The molecule has 0 spiro atoms. The van der Waals surface area contributed by atoms with E-state index in [4.69, 9.17) is 9.52 Å². The molecule has 0 fully saturated rings. The summed E-state index contributed by atoms with van der Waals surface area (Å²) in [4.78, 5) is 16.2. The number of aryl methyl sites for hydroxylation is 1. The predicted octanol–water partition coefficient (Wildman–Crippen LogP) is 1.51. The number of carbonyl (C=O) groups is 1. The first-order chi connectivity index (χ1) is 10.2. The summed E-state index contributed by atoms with van der Waals surface area (Å²) in [5, 5.41) is 11.5. The fourth-order valence-corrected chi connectivity index (χ4v) is 1.77. The summed E-state index contributed by atoms with van der Waals surface area (Å²) in [6.07, 6.45) is 2.42. The van der Waals surface area contributed by atoms with Gasteiger partial charge in [-0.15, -0.1) is 0 Å². The number of aromatic nitrogens is 1. The lowest BCUT2D eigenvalue weighted by atomic mass is 10.1. The summed E-state index contributed by atoms with van der Waals surface area (Å²) in [6.45, 7) is 1.95. The Hall–Kier alpha value is -2.58. The fraction of sp³-hybridized carbons (Fsp3) is 0.250. The van der Waals surface area contributed by atoms with E-state index in [0.717, 1.165) is 12.2 Å². The molecule has 2 aromatic rings. The molecule has 2 N–H and O–H groups in total. The average molecular weight is 284 g/mol. The van der Waals surface area contributed by atoms with Gasteiger partial charge in [0.1, 0.15) is 12.4 Å². The molecule has 5 nitrogen and oxygen atoms in total. The molecule has 108 valence electrons. The summed E-state index contributed by atoms with van der Waals surface area (Å²) in [5.74, 6) is 6.30. The second-order valence-electron chi connectivity index (χ2n) is 4.26. The van der Waals surface area contributed by atoms with Crippen LogP contribution in [-0.4, -0.2) is 22.6 Å². The van der Waals surface area contributed by atoms with Gasteiger partial charge in [-0.2, -0.15) is 0 Å². The maximum Gasteiger partial charge on any atom is 0.252 e. The highest BCUT2D eigenvalue weighted by Crippen LogP contribution is 2.08. The summed E-state index contributed by atoms with van der Waals surface area (Å²) in [5.41, 5.74) is 1.03. The maximum atomic E-state index is 12.2. The topological polar surface area (TPSA) is 75.4 Å². The molecule has 1 heterocycles. The quantitative estimate of drug-likeness (QED) is 0.835. The van der Waals surface area contributed by atoms with Crippen LogP contribution in [0, 0.1) is 11.8 Å². The van der Waals surface area contributed by atoms with E-state index >= 15 is 0 Å². The van der Waals surface area contributed by atoms with Gasteiger partial charge in [0.05, 0.1) is 18.3 Å². The molecule has 0 saturated carbocycles. The molecule has 0 aliphatic heterocycles. The number of benzene rings is 1. The van der Waals surface area contributed by atoms with Crippen LogP contribution in [0.5, 0.6) is 0 Å². The molecule has 1 amide bonds. The highest BCUT2D eigenvalue weighted by molar-refractivity contribution is 5.96. The molecule has 21 heavy (non-hydrogen) atoms. The smallest absolute Gasteiger partial charge is 0.252 e. The Bertz CT molecular complexity index is 680. The Kier molecular flexibility index (Phi) is 5.13. The summed E-state index contributed by atoms with van der Waals surface area (Å²) in [7, 11) is 0. The summed E-state index contributed by atoms with van der Waals surface area (Å²) >= 11 is 0. The van der Waals surface area contributed by atoms with Crippen LogP contribution >= 0.6 is 0 Å². The zero-order chi connectivity index (χ0) is 15.1. The van der Waals surface area contributed by atoms with Crippen molar-refractivity contribution in [2.45, 2.75) is 19.9 Å². The first-order valence-electron chi connectivity index (χ1n) is 6.65. The molecule has 0 bridgehead atoms. The Balaban J connectivity index is 2.06. The lowest BCUT2D eigenvalue weighted by Crippen LogP contribution is -2.23. The molecule has 0 atom stereocenters. The second kappa shape index (κ2) is 7.27. The number of oxazole rings is 1. The van der Waals surface area contributed by atoms with Crippen molar-refractivity contribution in [3.05, 3.63) is 53.2 Å². The van der Waals surface area contributed by atoms with Crippen LogP contribution in [0.1, 0.15) is 34.5 Å². The minimum atomic E-state index is -0.255. The van der Waals surface area contributed by atoms with Crippen LogP contribution < -0.4 is 5.32 Å². The van der Waals surface area contributed by atoms with E-state index in [2.05, 4.69) is 22.1 Å². The predicted molar refractivity (Wildman–Crippen MR) is 77.5 cm³/mol. The zero-order valence-corrected chi connectivity index (χ0v) is 11.7.